The molecule has 0 aliphatic rings. The topological polar surface area (TPSA) is 12.0 Å². The third kappa shape index (κ3) is 3.92. The fourth-order valence-electron chi connectivity index (χ4n) is 2.38. The maximum atomic E-state index is 3.73. The van der Waals surface area contributed by atoms with Crippen LogP contribution in [0.15, 0.2) is 50.2 Å². The molecule has 0 aliphatic carbocycles. The molecule has 2 rings (SSSR count). The second kappa shape index (κ2) is 7.82. The Morgan fingerprint density at radius 2 is 1.81 bits per heavy atom. The molecule has 0 aliphatic heterocycles. The minimum atomic E-state index is 0.185. The molecule has 0 fully saturated rings. The molecular weight excluding hydrogens is 410 g/mol. The fraction of sp³-hybridized carbons (Fsp3) is 0.294. The minimum absolute atomic E-state index is 0.185. The van der Waals surface area contributed by atoms with Gasteiger partial charge in [-0.15, -0.1) is 11.8 Å². The van der Waals surface area contributed by atoms with Gasteiger partial charge in [0, 0.05) is 13.8 Å². The van der Waals surface area contributed by atoms with Gasteiger partial charge in [0.05, 0.1) is 6.04 Å². The predicted molar refractivity (Wildman–Crippen MR) is 100 cm³/mol. The number of hydrogen-bond donors (Lipinski definition) is 1. The Bertz CT molecular complexity index is 628. The normalized spacial score (nSPS) is 12.4. The van der Waals surface area contributed by atoms with Gasteiger partial charge in [0.25, 0.3) is 0 Å². The third-order valence-electron chi connectivity index (χ3n) is 3.45. The van der Waals surface area contributed by atoms with E-state index in [4.69, 9.17) is 0 Å². The quantitative estimate of drug-likeness (QED) is 0.591. The molecule has 1 nitrogen and oxygen atoms in total. The average Bonchev–Trinajstić information content (AvgIpc) is 2.49. The van der Waals surface area contributed by atoms with Gasteiger partial charge >= 0.3 is 0 Å². The Morgan fingerprint density at radius 3 is 2.48 bits per heavy atom. The lowest BCUT2D eigenvalue weighted by atomic mass is 9.97. The second-order valence-electron chi connectivity index (χ2n) is 4.86. The van der Waals surface area contributed by atoms with Gasteiger partial charge in [-0.05, 0) is 54.6 Å². The predicted octanol–water partition coefficient (Wildman–Crippen LogP) is 5.94. The van der Waals surface area contributed by atoms with Crippen LogP contribution in [0.25, 0.3) is 0 Å². The van der Waals surface area contributed by atoms with Crippen molar-refractivity contribution in [2.24, 2.45) is 0 Å². The summed E-state index contributed by atoms with van der Waals surface area (Å²) in [6.45, 7) is 5.17. The maximum Gasteiger partial charge on any atom is 0.0599 e. The molecule has 1 atom stereocenters. The van der Waals surface area contributed by atoms with Crippen LogP contribution in [0, 0.1) is 6.92 Å². The number of thioether (sulfide) groups is 1. The highest BCUT2D eigenvalue weighted by molar-refractivity contribution is 9.11. The van der Waals surface area contributed by atoms with E-state index in [1.54, 1.807) is 11.8 Å². The first-order valence-electron chi connectivity index (χ1n) is 6.90. The lowest BCUT2D eigenvalue weighted by Gasteiger charge is -2.23. The molecule has 0 amide bonds. The first kappa shape index (κ1) is 17.1. The first-order valence-corrected chi connectivity index (χ1v) is 9.71. The number of nitrogens with one attached hydrogen (secondary N) is 1. The van der Waals surface area contributed by atoms with Gasteiger partial charge in [-0.1, -0.05) is 57.0 Å². The number of hydrogen-bond acceptors (Lipinski definition) is 2. The third-order valence-corrected chi connectivity index (χ3v) is 5.80. The largest absolute Gasteiger partial charge is 0.306 e. The molecule has 0 bridgehead atoms. The van der Waals surface area contributed by atoms with Crippen molar-refractivity contribution in [3.63, 3.8) is 0 Å². The summed E-state index contributed by atoms with van der Waals surface area (Å²) in [6, 6.07) is 13.2. The van der Waals surface area contributed by atoms with E-state index in [9.17, 15) is 0 Å². The van der Waals surface area contributed by atoms with Crippen molar-refractivity contribution in [3.05, 3.63) is 62.0 Å². The van der Waals surface area contributed by atoms with E-state index >= 15 is 0 Å². The van der Waals surface area contributed by atoms with Gasteiger partial charge in [0.15, 0.2) is 0 Å². The van der Waals surface area contributed by atoms with Crippen LogP contribution in [-0.4, -0.2) is 12.8 Å². The zero-order valence-electron chi connectivity index (χ0n) is 12.4. The smallest absolute Gasteiger partial charge is 0.0599 e. The van der Waals surface area contributed by atoms with E-state index < -0.39 is 0 Å². The Morgan fingerprint density at radius 1 is 1.10 bits per heavy atom. The van der Waals surface area contributed by atoms with Crippen molar-refractivity contribution in [3.8, 4) is 0 Å². The van der Waals surface area contributed by atoms with E-state index in [-0.39, 0.29) is 6.04 Å². The average molecular weight is 429 g/mol. The van der Waals surface area contributed by atoms with Crippen molar-refractivity contribution in [1.29, 1.82) is 0 Å². The van der Waals surface area contributed by atoms with Gasteiger partial charge in [-0.3, -0.25) is 0 Å². The molecule has 21 heavy (non-hydrogen) atoms. The molecule has 112 valence electrons. The fourth-order valence-corrected chi connectivity index (χ4v) is 4.06. The van der Waals surface area contributed by atoms with Crippen LogP contribution >= 0.6 is 43.6 Å². The van der Waals surface area contributed by atoms with E-state index in [1.165, 1.54) is 21.6 Å². The summed E-state index contributed by atoms with van der Waals surface area (Å²) in [5, 5.41) is 3.61. The van der Waals surface area contributed by atoms with Crippen molar-refractivity contribution in [2.75, 3.05) is 12.8 Å². The summed E-state index contributed by atoms with van der Waals surface area (Å²) in [4.78, 5) is 1.31. The van der Waals surface area contributed by atoms with Crippen LogP contribution < -0.4 is 5.32 Å². The molecule has 0 radical (unpaired) electrons. The monoisotopic (exact) mass is 427 g/mol. The van der Waals surface area contributed by atoms with E-state index in [1.807, 2.05) is 0 Å². The number of aryl methyl sites for hydroxylation is 1. The molecule has 1 unspecified atom stereocenters. The van der Waals surface area contributed by atoms with E-state index in [0.29, 0.717) is 0 Å². The summed E-state index contributed by atoms with van der Waals surface area (Å²) in [6.07, 6.45) is 2.13. The van der Waals surface area contributed by atoms with Gasteiger partial charge in [0.2, 0.25) is 0 Å². The summed E-state index contributed by atoms with van der Waals surface area (Å²) < 4.78 is 2.29. The first-order chi connectivity index (χ1) is 10.1. The molecule has 1 N–H and O–H groups in total. The highest BCUT2D eigenvalue weighted by atomic mass is 79.9. The van der Waals surface area contributed by atoms with E-state index in [0.717, 1.165) is 15.5 Å². The van der Waals surface area contributed by atoms with E-state index in [2.05, 4.69) is 93.7 Å². The summed E-state index contributed by atoms with van der Waals surface area (Å²) in [5.41, 5.74) is 3.82. The van der Waals surface area contributed by atoms with Crippen molar-refractivity contribution >= 4 is 43.6 Å². The Kier molecular flexibility index (Phi) is 6.35. The summed E-state index contributed by atoms with van der Waals surface area (Å²) in [7, 11) is 0. The van der Waals surface area contributed by atoms with Crippen LogP contribution in [-0.2, 0) is 0 Å². The lowest BCUT2D eigenvalue weighted by Crippen LogP contribution is -2.23. The highest BCUT2D eigenvalue weighted by Gasteiger charge is 2.19. The van der Waals surface area contributed by atoms with Crippen molar-refractivity contribution in [2.45, 2.75) is 24.8 Å². The molecule has 0 spiro atoms. The van der Waals surface area contributed by atoms with Crippen LogP contribution in [0.1, 0.15) is 29.7 Å². The summed E-state index contributed by atoms with van der Waals surface area (Å²) >= 11 is 9.17. The molecule has 2 aromatic rings. The summed E-state index contributed by atoms with van der Waals surface area (Å²) in [5.74, 6) is 0. The molecule has 0 heterocycles. The maximum absolute atomic E-state index is 3.73. The lowest BCUT2D eigenvalue weighted by molar-refractivity contribution is 0.619. The van der Waals surface area contributed by atoms with Crippen LogP contribution in [0.2, 0.25) is 0 Å². The van der Waals surface area contributed by atoms with Crippen LogP contribution in [0.3, 0.4) is 0 Å². The Labute approximate surface area is 148 Å². The molecular formula is C17H19Br2NS. The zero-order chi connectivity index (χ0) is 15.4. The minimum Gasteiger partial charge on any atom is -0.306 e. The van der Waals surface area contributed by atoms with Gasteiger partial charge < -0.3 is 5.32 Å². The Balaban J connectivity index is 2.56. The van der Waals surface area contributed by atoms with Crippen LogP contribution in [0.4, 0.5) is 0 Å². The van der Waals surface area contributed by atoms with Gasteiger partial charge in [-0.2, -0.15) is 0 Å². The molecule has 0 aromatic heterocycles. The number of rotatable bonds is 5. The van der Waals surface area contributed by atoms with Crippen molar-refractivity contribution in [1.82, 2.24) is 5.32 Å². The van der Waals surface area contributed by atoms with Gasteiger partial charge in [-0.25, -0.2) is 0 Å². The second-order valence-corrected chi connectivity index (χ2v) is 7.41. The molecule has 4 heteroatoms. The number of benzene rings is 2. The number of halogens is 2. The Hall–Kier alpha value is -0.290. The van der Waals surface area contributed by atoms with Crippen molar-refractivity contribution < 1.29 is 0 Å². The molecule has 0 saturated heterocycles. The molecule has 2 aromatic carbocycles. The highest BCUT2D eigenvalue weighted by Crippen LogP contribution is 2.36. The zero-order valence-corrected chi connectivity index (χ0v) is 16.4. The standard InChI is InChI=1S/C17H19Br2NS/c1-4-20-17(12-7-5-6-8-16(12)21-3)13-10-14(18)11(2)9-15(13)19/h5-10,17,20H,4H2,1-3H3. The SMILES string of the molecule is CCNC(c1cc(Br)c(C)cc1Br)c1ccccc1SC. The van der Waals surface area contributed by atoms with Crippen LogP contribution in [0.5, 0.6) is 0 Å². The molecule has 0 saturated carbocycles. The van der Waals surface area contributed by atoms with Gasteiger partial charge in [0.1, 0.15) is 0 Å².